The topological polar surface area (TPSA) is 124 Å². The number of aliphatic hydroxyl groups is 1. The molecule has 3 heterocycles. The van der Waals surface area contributed by atoms with Crippen molar-refractivity contribution in [3.63, 3.8) is 0 Å². The smallest absolute Gasteiger partial charge is 0.290 e. The summed E-state index contributed by atoms with van der Waals surface area (Å²) in [6, 6.07) is 8.03. The molecule has 10 nitrogen and oxygen atoms in total. The molecule has 170 valence electrons. The summed E-state index contributed by atoms with van der Waals surface area (Å²) in [6.07, 6.45) is 4.22. The maximum atomic E-state index is 10.3. The quantitative estimate of drug-likeness (QED) is 0.528. The molecule has 1 aromatic carbocycles. The summed E-state index contributed by atoms with van der Waals surface area (Å²) in [5.74, 6) is 2.20. The molecule has 0 saturated carbocycles. The normalized spacial score (nSPS) is 18.9. The Morgan fingerprint density at radius 1 is 1.26 bits per heavy atom. The van der Waals surface area contributed by atoms with Crippen molar-refractivity contribution in [1.29, 1.82) is 0 Å². The van der Waals surface area contributed by atoms with Crippen LogP contribution in [0.3, 0.4) is 0 Å². The molecule has 2 aromatic rings. The number of benzene rings is 1. The number of aromatic amines is 1. The SMILES string of the molecule is O=CO.OC(COc1ccc(CN2CCCO2)cc1)CN1CCC(c2ncn[nH]2)CC1. The molecule has 4 rings (SSSR count). The number of aromatic nitrogens is 3. The first kappa shape index (κ1) is 23.1. The number of hydrogen-bond acceptors (Lipinski definition) is 8. The minimum Gasteiger partial charge on any atom is -0.491 e. The second kappa shape index (κ2) is 12.4. The molecule has 2 aliphatic rings. The fraction of sp³-hybridized carbons (Fsp3) is 0.571. The number of hydrogen-bond donors (Lipinski definition) is 3. The lowest BCUT2D eigenvalue weighted by Gasteiger charge is -2.32. The molecule has 2 aliphatic heterocycles. The molecule has 0 radical (unpaired) electrons. The number of carboxylic acid groups (broad SMARTS) is 1. The van der Waals surface area contributed by atoms with E-state index in [4.69, 9.17) is 19.5 Å². The standard InChI is InChI=1S/C20H29N5O3.CH2O2/c26-18(13-24-9-6-17(7-10-24)20-21-15-22-23-20)14-27-19-4-2-16(3-5-19)12-25-8-1-11-28-25;2-1-3/h2-5,15,17-18,26H,1,6-14H2,(H,21,22,23);1H,(H,2,3). The number of aliphatic hydroxyl groups excluding tert-OH is 1. The molecular weight excluding hydrogens is 402 g/mol. The number of likely N-dealkylation sites (tertiary alicyclic amines) is 1. The molecule has 1 unspecified atom stereocenters. The van der Waals surface area contributed by atoms with Crippen molar-refractivity contribution in [2.45, 2.75) is 37.8 Å². The molecule has 2 saturated heterocycles. The summed E-state index contributed by atoms with van der Waals surface area (Å²) < 4.78 is 5.77. The van der Waals surface area contributed by atoms with Gasteiger partial charge in [0.15, 0.2) is 0 Å². The van der Waals surface area contributed by atoms with Gasteiger partial charge in [0.1, 0.15) is 30.6 Å². The number of ether oxygens (including phenoxy) is 1. The van der Waals surface area contributed by atoms with E-state index in [0.717, 1.165) is 63.6 Å². The van der Waals surface area contributed by atoms with E-state index in [1.54, 1.807) is 6.33 Å². The third-order valence-corrected chi connectivity index (χ3v) is 5.43. The predicted molar refractivity (Wildman–Crippen MR) is 112 cm³/mol. The van der Waals surface area contributed by atoms with Crippen molar-refractivity contribution in [2.24, 2.45) is 0 Å². The monoisotopic (exact) mass is 433 g/mol. The molecule has 0 spiro atoms. The average Bonchev–Trinajstić information content (AvgIpc) is 3.49. The third kappa shape index (κ3) is 7.59. The molecule has 2 fully saturated rings. The van der Waals surface area contributed by atoms with Crippen molar-refractivity contribution < 1.29 is 24.6 Å². The summed E-state index contributed by atoms with van der Waals surface area (Å²) in [4.78, 5) is 20.4. The van der Waals surface area contributed by atoms with Gasteiger partial charge in [-0.1, -0.05) is 12.1 Å². The minimum atomic E-state index is -0.500. The number of H-pyrrole nitrogens is 1. The Bertz CT molecular complexity index is 744. The Balaban J connectivity index is 0.000000858. The molecule has 3 N–H and O–H groups in total. The van der Waals surface area contributed by atoms with Gasteiger partial charge in [-0.2, -0.15) is 10.2 Å². The van der Waals surface area contributed by atoms with Crippen LogP contribution < -0.4 is 4.74 Å². The summed E-state index contributed by atoms with van der Waals surface area (Å²) in [7, 11) is 0. The summed E-state index contributed by atoms with van der Waals surface area (Å²) >= 11 is 0. The summed E-state index contributed by atoms with van der Waals surface area (Å²) in [6.45, 7) is 5.19. The number of nitrogens with zero attached hydrogens (tertiary/aromatic N) is 4. The molecule has 1 aromatic heterocycles. The predicted octanol–water partition coefficient (Wildman–Crippen LogP) is 1.26. The number of nitrogens with one attached hydrogen (secondary N) is 1. The first-order chi connectivity index (χ1) is 15.2. The Hall–Kier alpha value is -2.53. The zero-order chi connectivity index (χ0) is 21.9. The van der Waals surface area contributed by atoms with E-state index in [-0.39, 0.29) is 6.47 Å². The van der Waals surface area contributed by atoms with Gasteiger partial charge in [0.05, 0.1) is 6.61 Å². The first-order valence-electron chi connectivity index (χ1n) is 10.6. The average molecular weight is 434 g/mol. The van der Waals surface area contributed by atoms with E-state index in [2.05, 4.69) is 32.2 Å². The molecule has 31 heavy (non-hydrogen) atoms. The largest absolute Gasteiger partial charge is 0.491 e. The van der Waals surface area contributed by atoms with Crippen LogP contribution in [0.15, 0.2) is 30.6 Å². The Morgan fingerprint density at radius 3 is 2.61 bits per heavy atom. The highest BCUT2D eigenvalue weighted by atomic mass is 16.7. The minimum absolute atomic E-state index is 0.250. The van der Waals surface area contributed by atoms with E-state index in [0.29, 0.717) is 19.1 Å². The number of rotatable bonds is 8. The van der Waals surface area contributed by atoms with Crippen molar-refractivity contribution in [2.75, 3.05) is 39.4 Å². The highest BCUT2D eigenvalue weighted by molar-refractivity contribution is 5.32. The highest BCUT2D eigenvalue weighted by Crippen LogP contribution is 2.25. The summed E-state index contributed by atoms with van der Waals surface area (Å²) in [5.41, 5.74) is 1.20. The van der Waals surface area contributed by atoms with Crippen molar-refractivity contribution in [3.8, 4) is 5.75 Å². The van der Waals surface area contributed by atoms with E-state index in [1.807, 2.05) is 17.2 Å². The second-order valence-corrected chi connectivity index (χ2v) is 7.71. The zero-order valence-corrected chi connectivity index (χ0v) is 17.6. The van der Waals surface area contributed by atoms with Crippen LogP contribution in [0.1, 0.15) is 36.6 Å². The van der Waals surface area contributed by atoms with Gasteiger partial charge >= 0.3 is 0 Å². The fourth-order valence-corrected chi connectivity index (χ4v) is 3.86. The van der Waals surface area contributed by atoms with Gasteiger partial charge in [-0.05, 0) is 50.0 Å². The lowest BCUT2D eigenvalue weighted by molar-refractivity contribution is -0.122. The fourth-order valence-electron chi connectivity index (χ4n) is 3.86. The van der Waals surface area contributed by atoms with Gasteiger partial charge in [0, 0.05) is 25.6 Å². The van der Waals surface area contributed by atoms with Crippen LogP contribution in [0.25, 0.3) is 0 Å². The maximum Gasteiger partial charge on any atom is 0.290 e. The van der Waals surface area contributed by atoms with Crippen LogP contribution in [-0.4, -0.2) is 87.3 Å². The van der Waals surface area contributed by atoms with Gasteiger partial charge < -0.3 is 19.8 Å². The lowest BCUT2D eigenvalue weighted by Crippen LogP contribution is -2.40. The molecule has 0 aliphatic carbocycles. The van der Waals surface area contributed by atoms with Gasteiger partial charge in [-0.15, -0.1) is 0 Å². The van der Waals surface area contributed by atoms with Crippen LogP contribution in [-0.2, 0) is 16.2 Å². The Morgan fingerprint density at radius 2 is 2.00 bits per heavy atom. The molecular formula is C21H31N5O5. The maximum absolute atomic E-state index is 10.3. The van der Waals surface area contributed by atoms with Crippen LogP contribution >= 0.6 is 0 Å². The zero-order valence-electron chi connectivity index (χ0n) is 17.6. The number of β-amino-alcohol motifs (C(OH)–C–C–N with tert-alkyl or cyclic N) is 1. The van der Waals surface area contributed by atoms with E-state index in [1.165, 1.54) is 5.56 Å². The highest BCUT2D eigenvalue weighted by Gasteiger charge is 2.24. The van der Waals surface area contributed by atoms with Crippen molar-refractivity contribution in [1.82, 2.24) is 25.1 Å². The Kier molecular flexibility index (Phi) is 9.22. The van der Waals surface area contributed by atoms with Crippen LogP contribution in [0.5, 0.6) is 5.75 Å². The van der Waals surface area contributed by atoms with Gasteiger partial charge in [0.2, 0.25) is 0 Å². The number of piperidine rings is 1. The molecule has 10 heteroatoms. The molecule has 0 bridgehead atoms. The second-order valence-electron chi connectivity index (χ2n) is 7.71. The number of hydroxylamine groups is 2. The first-order valence-corrected chi connectivity index (χ1v) is 10.6. The summed E-state index contributed by atoms with van der Waals surface area (Å²) in [5, 5.41) is 26.1. The van der Waals surface area contributed by atoms with E-state index < -0.39 is 6.10 Å². The number of carbonyl (C=O) groups is 1. The van der Waals surface area contributed by atoms with Crippen LogP contribution in [0, 0.1) is 0 Å². The van der Waals surface area contributed by atoms with E-state index >= 15 is 0 Å². The third-order valence-electron chi connectivity index (χ3n) is 5.43. The lowest BCUT2D eigenvalue weighted by atomic mass is 9.96. The van der Waals surface area contributed by atoms with E-state index in [9.17, 15) is 5.11 Å². The van der Waals surface area contributed by atoms with Crippen molar-refractivity contribution in [3.05, 3.63) is 42.0 Å². The molecule has 1 atom stereocenters. The Labute approximate surface area is 181 Å². The van der Waals surface area contributed by atoms with Gasteiger partial charge in [-0.3, -0.25) is 14.7 Å². The van der Waals surface area contributed by atoms with Crippen LogP contribution in [0.4, 0.5) is 0 Å². The van der Waals surface area contributed by atoms with Gasteiger partial charge in [0.25, 0.3) is 6.47 Å². The molecule has 0 amide bonds. The van der Waals surface area contributed by atoms with Crippen LogP contribution in [0.2, 0.25) is 0 Å². The van der Waals surface area contributed by atoms with Crippen molar-refractivity contribution >= 4 is 6.47 Å². The van der Waals surface area contributed by atoms with Gasteiger partial charge in [-0.25, -0.2) is 4.98 Å².